The number of hydrogen-bond acceptors (Lipinski definition) is 2. The van der Waals surface area contributed by atoms with Crippen molar-refractivity contribution in [3.8, 4) is 5.75 Å². The second-order valence-electron chi connectivity index (χ2n) is 6.84. The summed E-state index contributed by atoms with van der Waals surface area (Å²) in [5, 5.41) is 3.14. The Morgan fingerprint density at radius 1 is 0.815 bits per heavy atom. The van der Waals surface area contributed by atoms with Gasteiger partial charge < -0.3 is 10.1 Å². The molecule has 3 rings (SSSR count). The van der Waals surface area contributed by atoms with Crippen molar-refractivity contribution in [1.82, 2.24) is 5.32 Å². The summed E-state index contributed by atoms with van der Waals surface area (Å²) in [5.74, 6) is 0.551. The molecule has 2 unspecified atom stereocenters. The lowest BCUT2D eigenvalue weighted by Gasteiger charge is -2.23. The molecular formula is C24H25NO2. The van der Waals surface area contributed by atoms with E-state index in [-0.39, 0.29) is 11.9 Å². The maximum atomic E-state index is 12.8. The monoisotopic (exact) mass is 359 g/mol. The van der Waals surface area contributed by atoms with Crippen LogP contribution < -0.4 is 10.1 Å². The van der Waals surface area contributed by atoms with Gasteiger partial charge >= 0.3 is 0 Å². The van der Waals surface area contributed by atoms with Gasteiger partial charge in [0, 0.05) is 0 Å². The standard InChI is InChI=1S/C24H25NO2/c1-17-12-14-21(15-13-17)23(20-9-5-4-6-10-20)25-24(26)19(3)27-22-11-7-8-18(2)16-22/h4-16,19,23H,1-3H3,(H,25,26). The van der Waals surface area contributed by atoms with Gasteiger partial charge in [0.1, 0.15) is 5.75 Å². The fourth-order valence-electron chi connectivity index (χ4n) is 2.97. The van der Waals surface area contributed by atoms with Crippen LogP contribution in [-0.4, -0.2) is 12.0 Å². The minimum Gasteiger partial charge on any atom is -0.481 e. The van der Waals surface area contributed by atoms with Gasteiger partial charge in [0.05, 0.1) is 6.04 Å². The molecule has 3 aromatic carbocycles. The maximum Gasteiger partial charge on any atom is 0.261 e. The zero-order chi connectivity index (χ0) is 19.2. The highest BCUT2D eigenvalue weighted by molar-refractivity contribution is 5.81. The molecule has 0 heterocycles. The molecule has 0 saturated carbocycles. The summed E-state index contributed by atoms with van der Waals surface area (Å²) in [6, 6.07) is 25.7. The lowest BCUT2D eigenvalue weighted by Crippen LogP contribution is -2.39. The fourth-order valence-corrected chi connectivity index (χ4v) is 2.97. The molecular weight excluding hydrogens is 334 g/mol. The highest BCUT2D eigenvalue weighted by atomic mass is 16.5. The summed E-state index contributed by atoms with van der Waals surface area (Å²) in [6.07, 6.45) is -0.594. The summed E-state index contributed by atoms with van der Waals surface area (Å²) in [4.78, 5) is 12.8. The van der Waals surface area contributed by atoms with Gasteiger partial charge in [-0.1, -0.05) is 72.3 Å². The number of aryl methyl sites for hydroxylation is 2. The molecule has 138 valence electrons. The Bertz CT molecular complexity index is 888. The summed E-state index contributed by atoms with van der Waals surface area (Å²) in [7, 11) is 0. The van der Waals surface area contributed by atoms with Crippen LogP contribution in [0.25, 0.3) is 0 Å². The first-order valence-corrected chi connectivity index (χ1v) is 9.18. The van der Waals surface area contributed by atoms with Crippen molar-refractivity contribution in [2.24, 2.45) is 0 Å². The number of rotatable bonds is 6. The van der Waals surface area contributed by atoms with Crippen molar-refractivity contribution in [2.45, 2.75) is 32.9 Å². The second-order valence-corrected chi connectivity index (χ2v) is 6.84. The number of benzene rings is 3. The van der Waals surface area contributed by atoms with Gasteiger partial charge in [-0.05, 0) is 49.6 Å². The van der Waals surface area contributed by atoms with E-state index in [0.29, 0.717) is 5.75 Å². The van der Waals surface area contributed by atoms with Crippen molar-refractivity contribution in [3.63, 3.8) is 0 Å². The number of nitrogens with one attached hydrogen (secondary N) is 1. The van der Waals surface area contributed by atoms with Crippen molar-refractivity contribution >= 4 is 5.91 Å². The molecule has 0 bridgehead atoms. The second kappa shape index (κ2) is 8.54. The molecule has 3 heteroatoms. The van der Waals surface area contributed by atoms with Crippen LogP contribution in [0, 0.1) is 13.8 Å². The Labute approximate surface area is 161 Å². The minimum absolute atomic E-state index is 0.147. The van der Waals surface area contributed by atoms with E-state index in [1.54, 1.807) is 6.92 Å². The van der Waals surface area contributed by atoms with Crippen LogP contribution in [0.3, 0.4) is 0 Å². The van der Waals surface area contributed by atoms with Gasteiger partial charge in [-0.15, -0.1) is 0 Å². The zero-order valence-electron chi connectivity index (χ0n) is 16.0. The predicted molar refractivity (Wildman–Crippen MR) is 109 cm³/mol. The summed E-state index contributed by atoms with van der Waals surface area (Å²) in [5.41, 5.74) is 4.37. The quantitative estimate of drug-likeness (QED) is 0.674. The first-order valence-electron chi connectivity index (χ1n) is 9.18. The molecule has 1 N–H and O–H groups in total. The maximum absolute atomic E-state index is 12.8. The Balaban J connectivity index is 1.79. The third-order valence-corrected chi connectivity index (χ3v) is 4.50. The molecule has 3 aromatic rings. The largest absolute Gasteiger partial charge is 0.481 e. The SMILES string of the molecule is Cc1ccc(C(NC(=O)C(C)Oc2cccc(C)c2)c2ccccc2)cc1. The zero-order valence-corrected chi connectivity index (χ0v) is 16.0. The molecule has 2 atom stereocenters. The summed E-state index contributed by atoms with van der Waals surface area (Å²) < 4.78 is 5.84. The Morgan fingerprint density at radius 2 is 1.48 bits per heavy atom. The van der Waals surface area contributed by atoms with E-state index in [0.717, 1.165) is 16.7 Å². The average Bonchev–Trinajstić information content (AvgIpc) is 2.67. The summed E-state index contributed by atoms with van der Waals surface area (Å²) >= 11 is 0. The fraction of sp³-hybridized carbons (Fsp3) is 0.208. The molecule has 0 saturated heterocycles. The molecule has 27 heavy (non-hydrogen) atoms. The number of ether oxygens (including phenoxy) is 1. The Hall–Kier alpha value is -3.07. The van der Waals surface area contributed by atoms with Crippen LogP contribution in [0.1, 0.15) is 35.2 Å². The van der Waals surface area contributed by atoms with Gasteiger partial charge in [-0.25, -0.2) is 0 Å². The van der Waals surface area contributed by atoms with Crippen molar-refractivity contribution in [2.75, 3.05) is 0 Å². The third-order valence-electron chi connectivity index (χ3n) is 4.50. The Kier molecular flexibility index (Phi) is 5.92. The molecule has 3 nitrogen and oxygen atoms in total. The van der Waals surface area contributed by atoms with E-state index >= 15 is 0 Å². The molecule has 0 spiro atoms. The predicted octanol–water partition coefficient (Wildman–Crippen LogP) is 4.98. The number of carbonyl (C=O) groups is 1. The molecule has 0 aliphatic rings. The van der Waals surface area contributed by atoms with Crippen LogP contribution >= 0.6 is 0 Å². The molecule has 1 amide bonds. The van der Waals surface area contributed by atoms with Gasteiger partial charge in [-0.3, -0.25) is 4.79 Å². The van der Waals surface area contributed by atoms with Crippen LogP contribution in [0.5, 0.6) is 5.75 Å². The normalized spacial score (nSPS) is 12.9. The van der Waals surface area contributed by atoms with E-state index < -0.39 is 6.10 Å². The van der Waals surface area contributed by atoms with Crippen molar-refractivity contribution in [1.29, 1.82) is 0 Å². The van der Waals surface area contributed by atoms with Gasteiger partial charge in [0.25, 0.3) is 5.91 Å². The molecule has 0 fully saturated rings. The van der Waals surface area contributed by atoms with Gasteiger partial charge in [0.15, 0.2) is 6.10 Å². The van der Waals surface area contributed by atoms with E-state index in [4.69, 9.17) is 4.74 Å². The molecule has 0 aliphatic heterocycles. The molecule has 0 aromatic heterocycles. The Morgan fingerprint density at radius 3 is 2.15 bits per heavy atom. The number of carbonyl (C=O) groups excluding carboxylic acids is 1. The first kappa shape index (κ1) is 18.7. The smallest absolute Gasteiger partial charge is 0.261 e. The third kappa shape index (κ3) is 4.98. The highest BCUT2D eigenvalue weighted by Gasteiger charge is 2.21. The van der Waals surface area contributed by atoms with Gasteiger partial charge in [0.2, 0.25) is 0 Å². The molecule has 0 aliphatic carbocycles. The van der Waals surface area contributed by atoms with Gasteiger partial charge in [-0.2, -0.15) is 0 Å². The lowest BCUT2D eigenvalue weighted by molar-refractivity contribution is -0.127. The number of hydrogen-bond donors (Lipinski definition) is 1. The first-order chi connectivity index (χ1) is 13.0. The minimum atomic E-state index is -0.594. The lowest BCUT2D eigenvalue weighted by atomic mass is 9.97. The van der Waals surface area contributed by atoms with E-state index in [1.165, 1.54) is 5.56 Å². The van der Waals surface area contributed by atoms with Crippen LogP contribution in [-0.2, 0) is 4.79 Å². The average molecular weight is 359 g/mol. The number of amides is 1. The molecule has 0 radical (unpaired) electrons. The van der Waals surface area contributed by atoms with Crippen LogP contribution in [0.15, 0.2) is 78.9 Å². The summed E-state index contributed by atoms with van der Waals surface area (Å²) in [6.45, 7) is 5.83. The van der Waals surface area contributed by atoms with Crippen LogP contribution in [0.2, 0.25) is 0 Å². The van der Waals surface area contributed by atoms with Crippen molar-refractivity contribution < 1.29 is 9.53 Å². The van der Waals surface area contributed by atoms with E-state index in [2.05, 4.69) is 36.5 Å². The highest BCUT2D eigenvalue weighted by Crippen LogP contribution is 2.23. The topological polar surface area (TPSA) is 38.3 Å². The van der Waals surface area contributed by atoms with E-state index in [1.807, 2.05) is 61.5 Å². The van der Waals surface area contributed by atoms with Crippen molar-refractivity contribution in [3.05, 3.63) is 101 Å². The van der Waals surface area contributed by atoms with Crippen LogP contribution in [0.4, 0.5) is 0 Å². The van der Waals surface area contributed by atoms with E-state index in [9.17, 15) is 4.79 Å².